The predicted molar refractivity (Wildman–Crippen MR) is 71.0 cm³/mol. The van der Waals surface area contributed by atoms with Crippen molar-refractivity contribution in [3.05, 3.63) is 12.2 Å². The molecule has 0 N–H and O–H groups in total. The first-order valence-electron chi connectivity index (χ1n) is 6.25. The first kappa shape index (κ1) is 14.2. The third kappa shape index (κ3) is 3.82. The minimum Gasteiger partial charge on any atom is -0.334 e. The van der Waals surface area contributed by atoms with Gasteiger partial charge in [0.25, 0.3) is 0 Å². The van der Waals surface area contributed by atoms with Crippen molar-refractivity contribution < 1.29 is 4.79 Å². The molecule has 1 aliphatic heterocycles. The lowest BCUT2D eigenvalue weighted by atomic mass is 10.1. The minimum atomic E-state index is 0.138. The molecule has 4 nitrogen and oxygen atoms in total. The van der Waals surface area contributed by atoms with Gasteiger partial charge in [0.1, 0.15) is 0 Å². The van der Waals surface area contributed by atoms with Crippen molar-refractivity contribution in [1.29, 1.82) is 0 Å². The molecule has 1 amide bonds. The number of hydrogen-bond acceptors (Lipinski definition) is 3. The maximum absolute atomic E-state index is 12.0. The third-order valence-corrected chi connectivity index (χ3v) is 3.59. The van der Waals surface area contributed by atoms with Crippen molar-refractivity contribution in [3.63, 3.8) is 0 Å². The second kappa shape index (κ2) is 6.17. The van der Waals surface area contributed by atoms with Gasteiger partial charge in [0.15, 0.2) is 0 Å². The molecule has 2 atom stereocenters. The smallest absolute Gasteiger partial charge is 0.246 e. The number of amides is 1. The molecule has 0 aromatic heterocycles. The Kier molecular flexibility index (Phi) is 5.15. The minimum absolute atomic E-state index is 0.138. The Morgan fingerprint density at radius 2 is 1.94 bits per heavy atom. The van der Waals surface area contributed by atoms with Crippen LogP contribution in [0.5, 0.6) is 0 Å². The van der Waals surface area contributed by atoms with Crippen LogP contribution in [-0.2, 0) is 4.79 Å². The summed E-state index contributed by atoms with van der Waals surface area (Å²) in [5.74, 6) is 0.138. The lowest BCUT2D eigenvalue weighted by Gasteiger charge is -2.43. The van der Waals surface area contributed by atoms with E-state index in [1.54, 1.807) is 6.08 Å². The van der Waals surface area contributed by atoms with E-state index in [-0.39, 0.29) is 11.9 Å². The Labute approximate surface area is 105 Å². The zero-order valence-electron chi connectivity index (χ0n) is 11.7. The maximum atomic E-state index is 12.0. The average molecular weight is 239 g/mol. The second-order valence-corrected chi connectivity index (χ2v) is 5.16. The molecule has 2 unspecified atom stereocenters. The van der Waals surface area contributed by atoms with Gasteiger partial charge < -0.3 is 9.80 Å². The first-order chi connectivity index (χ1) is 7.93. The molecule has 17 heavy (non-hydrogen) atoms. The average Bonchev–Trinajstić information content (AvgIpc) is 2.25. The van der Waals surface area contributed by atoms with Gasteiger partial charge in [-0.25, -0.2) is 0 Å². The Bertz CT molecular complexity index is 288. The summed E-state index contributed by atoms with van der Waals surface area (Å²) in [6, 6.07) is 0.709. The number of piperazine rings is 1. The van der Waals surface area contributed by atoms with Crippen LogP contribution in [0.1, 0.15) is 13.8 Å². The van der Waals surface area contributed by atoms with Crippen LogP contribution >= 0.6 is 0 Å². The quantitative estimate of drug-likeness (QED) is 0.677. The Hall–Kier alpha value is -0.870. The highest BCUT2D eigenvalue weighted by Gasteiger charge is 2.30. The van der Waals surface area contributed by atoms with Crippen molar-refractivity contribution in [2.24, 2.45) is 0 Å². The summed E-state index contributed by atoms with van der Waals surface area (Å²) >= 11 is 0. The summed E-state index contributed by atoms with van der Waals surface area (Å²) in [5, 5.41) is 0. The van der Waals surface area contributed by atoms with Gasteiger partial charge in [0, 0.05) is 37.8 Å². The highest BCUT2D eigenvalue weighted by molar-refractivity contribution is 5.88. The van der Waals surface area contributed by atoms with Crippen LogP contribution in [0, 0.1) is 0 Å². The first-order valence-corrected chi connectivity index (χ1v) is 6.25. The molecule has 0 radical (unpaired) electrons. The summed E-state index contributed by atoms with van der Waals surface area (Å²) in [7, 11) is 6.11. The SMILES string of the molecule is CC1C(C)N(C(=O)/C=C/CN(C)C)CCN1C. The van der Waals surface area contributed by atoms with Gasteiger partial charge >= 0.3 is 0 Å². The molecule has 1 saturated heterocycles. The monoisotopic (exact) mass is 239 g/mol. The van der Waals surface area contributed by atoms with E-state index in [0.29, 0.717) is 6.04 Å². The van der Waals surface area contributed by atoms with Crippen LogP contribution in [0.4, 0.5) is 0 Å². The zero-order valence-corrected chi connectivity index (χ0v) is 11.7. The van der Waals surface area contributed by atoms with E-state index in [9.17, 15) is 4.79 Å². The topological polar surface area (TPSA) is 26.8 Å². The summed E-state index contributed by atoms with van der Waals surface area (Å²) in [5.41, 5.74) is 0. The largest absolute Gasteiger partial charge is 0.334 e. The van der Waals surface area contributed by atoms with E-state index in [2.05, 4.69) is 25.8 Å². The lowest BCUT2D eigenvalue weighted by Crippen LogP contribution is -2.57. The van der Waals surface area contributed by atoms with Crippen LogP contribution in [0.25, 0.3) is 0 Å². The van der Waals surface area contributed by atoms with Gasteiger partial charge in [-0.3, -0.25) is 9.69 Å². The molecule has 0 saturated carbocycles. The molecule has 0 bridgehead atoms. The molecule has 0 aromatic carbocycles. The second-order valence-electron chi connectivity index (χ2n) is 5.16. The fraction of sp³-hybridized carbons (Fsp3) is 0.769. The highest BCUT2D eigenvalue weighted by Crippen LogP contribution is 2.15. The molecule has 1 rings (SSSR count). The molecule has 98 valence electrons. The third-order valence-electron chi connectivity index (χ3n) is 3.59. The van der Waals surface area contributed by atoms with Gasteiger partial charge in [-0.2, -0.15) is 0 Å². The number of likely N-dealkylation sites (N-methyl/N-ethyl adjacent to an activating group) is 2. The standard InChI is InChI=1S/C13H25N3O/c1-11-12(2)16(10-9-15(11)5)13(17)7-6-8-14(3)4/h6-7,11-12H,8-10H2,1-5H3/b7-6+. The Balaban J connectivity index is 2.55. The van der Waals surface area contributed by atoms with E-state index in [0.717, 1.165) is 19.6 Å². The number of hydrogen-bond donors (Lipinski definition) is 0. The van der Waals surface area contributed by atoms with E-state index < -0.39 is 0 Å². The van der Waals surface area contributed by atoms with Gasteiger partial charge in [0.2, 0.25) is 5.91 Å². The number of nitrogens with zero attached hydrogens (tertiary/aromatic N) is 3. The molecule has 0 aliphatic carbocycles. The van der Waals surface area contributed by atoms with Crippen LogP contribution in [0.3, 0.4) is 0 Å². The highest BCUT2D eigenvalue weighted by atomic mass is 16.2. The van der Waals surface area contributed by atoms with Crippen LogP contribution in [0.15, 0.2) is 12.2 Å². The molecule has 0 aromatic rings. The molecule has 1 heterocycles. The predicted octanol–water partition coefficient (Wildman–Crippen LogP) is 0.655. The molecular formula is C13H25N3O. The lowest BCUT2D eigenvalue weighted by molar-refractivity contribution is -0.131. The maximum Gasteiger partial charge on any atom is 0.246 e. The fourth-order valence-electron chi connectivity index (χ4n) is 2.07. The van der Waals surface area contributed by atoms with E-state index in [1.165, 1.54) is 0 Å². The zero-order chi connectivity index (χ0) is 13.0. The normalized spacial score (nSPS) is 27.1. The molecule has 0 spiro atoms. The van der Waals surface area contributed by atoms with Crippen LogP contribution < -0.4 is 0 Å². The van der Waals surface area contributed by atoms with E-state index in [1.807, 2.05) is 30.0 Å². The molecule has 1 aliphatic rings. The number of rotatable bonds is 3. The molecular weight excluding hydrogens is 214 g/mol. The van der Waals surface area contributed by atoms with Gasteiger partial charge in [-0.15, -0.1) is 0 Å². The van der Waals surface area contributed by atoms with Crippen molar-refractivity contribution in [3.8, 4) is 0 Å². The van der Waals surface area contributed by atoms with Crippen molar-refractivity contribution in [1.82, 2.24) is 14.7 Å². The summed E-state index contributed by atoms with van der Waals surface area (Å²) in [6.07, 6.45) is 3.63. The Morgan fingerprint density at radius 1 is 1.29 bits per heavy atom. The van der Waals surface area contributed by atoms with Gasteiger partial charge in [-0.05, 0) is 35.0 Å². The molecule has 1 fully saturated rings. The van der Waals surface area contributed by atoms with Crippen molar-refractivity contribution in [2.45, 2.75) is 25.9 Å². The Morgan fingerprint density at radius 3 is 2.53 bits per heavy atom. The van der Waals surface area contributed by atoms with E-state index >= 15 is 0 Å². The van der Waals surface area contributed by atoms with Gasteiger partial charge in [0.05, 0.1) is 0 Å². The summed E-state index contributed by atoms with van der Waals surface area (Å²) in [4.78, 5) is 18.4. The molecule has 4 heteroatoms. The van der Waals surface area contributed by atoms with E-state index in [4.69, 9.17) is 0 Å². The van der Waals surface area contributed by atoms with Crippen molar-refractivity contribution in [2.75, 3.05) is 40.8 Å². The number of carbonyl (C=O) groups excluding carboxylic acids is 1. The van der Waals surface area contributed by atoms with Crippen LogP contribution in [-0.4, -0.2) is 73.5 Å². The fourth-order valence-corrected chi connectivity index (χ4v) is 2.07. The van der Waals surface area contributed by atoms with Crippen LogP contribution in [0.2, 0.25) is 0 Å². The van der Waals surface area contributed by atoms with Crippen molar-refractivity contribution >= 4 is 5.91 Å². The summed E-state index contributed by atoms with van der Waals surface area (Å²) in [6.45, 7) is 6.89. The summed E-state index contributed by atoms with van der Waals surface area (Å²) < 4.78 is 0. The van der Waals surface area contributed by atoms with Gasteiger partial charge in [-0.1, -0.05) is 6.08 Å². The number of carbonyl (C=O) groups is 1.